The van der Waals surface area contributed by atoms with Crippen molar-refractivity contribution in [3.8, 4) is 0 Å². The topological polar surface area (TPSA) is 110 Å². The zero-order chi connectivity index (χ0) is 18.7. The molecule has 2 aromatic rings. The fraction of sp³-hybridized carbons (Fsp3) is 0.312. The first-order valence-electron chi connectivity index (χ1n) is 7.97. The number of rotatable bonds is 6. The quantitative estimate of drug-likeness (QED) is 0.596. The predicted molar refractivity (Wildman–Crippen MR) is 96.7 cm³/mol. The molecule has 1 atom stereocenters. The van der Waals surface area contributed by atoms with E-state index in [1.54, 1.807) is 17.5 Å². The number of benzene rings is 1. The minimum Gasteiger partial charge on any atom is -0.350 e. The molecule has 10 heteroatoms. The molecule has 1 aromatic heterocycles. The molecule has 0 unspecified atom stereocenters. The number of nitrogens with zero attached hydrogens (tertiary/aromatic N) is 2. The fourth-order valence-electron chi connectivity index (χ4n) is 2.93. The van der Waals surface area contributed by atoms with E-state index < -0.39 is 20.9 Å². The number of nitro groups is 1. The van der Waals surface area contributed by atoms with Crippen LogP contribution in [0.15, 0.2) is 46.0 Å². The lowest BCUT2D eigenvalue weighted by Crippen LogP contribution is -2.42. The van der Waals surface area contributed by atoms with Crippen LogP contribution >= 0.6 is 11.3 Å². The first-order chi connectivity index (χ1) is 12.4. The van der Waals surface area contributed by atoms with Gasteiger partial charge in [0.15, 0.2) is 0 Å². The van der Waals surface area contributed by atoms with Crippen molar-refractivity contribution in [2.24, 2.45) is 0 Å². The monoisotopic (exact) mass is 395 g/mol. The van der Waals surface area contributed by atoms with Crippen LogP contribution < -0.4 is 5.32 Å². The summed E-state index contributed by atoms with van der Waals surface area (Å²) in [7, 11) is -3.56. The highest BCUT2D eigenvalue weighted by Crippen LogP contribution is 2.28. The molecular weight excluding hydrogens is 378 g/mol. The molecule has 0 saturated carbocycles. The number of nitro benzene ring substituents is 1. The summed E-state index contributed by atoms with van der Waals surface area (Å²) in [6.07, 6.45) is 1.38. The average Bonchev–Trinajstić information content (AvgIpc) is 3.31. The summed E-state index contributed by atoms with van der Waals surface area (Å²) < 4.78 is 27.1. The second-order valence-electron chi connectivity index (χ2n) is 5.86. The minimum absolute atomic E-state index is 0.159. The van der Waals surface area contributed by atoms with E-state index in [2.05, 4.69) is 5.32 Å². The largest absolute Gasteiger partial charge is 0.350 e. The summed E-state index contributed by atoms with van der Waals surface area (Å²) in [5.41, 5.74) is 0.00489. The van der Waals surface area contributed by atoms with E-state index in [0.29, 0.717) is 13.0 Å². The van der Waals surface area contributed by atoms with Gasteiger partial charge in [-0.25, -0.2) is 8.42 Å². The molecule has 2 heterocycles. The molecule has 0 spiro atoms. The van der Waals surface area contributed by atoms with Crippen LogP contribution in [0.1, 0.15) is 23.2 Å². The zero-order valence-electron chi connectivity index (χ0n) is 13.7. The van der Waals surface area contributed by atoms with Crippen molar-refractivity contribution < 1.29 is 18.1 Å². The lowest BCUT2D eigenvalue weighted by molar-refractivity contribution is -0.384. The summed E-state index contributed by atoms with van der Waals surface area (Å²) in [6.45, 7) is 0.573. The van der Waals surface area contributed by atoms with Gasteiger partial charge in [-0.15, -0.1) is 11.3 Å². The van der Waals surface area contributed by atoms with Crippen LogP contribution in [0.2, 0.25) is 0 Å². The zero-order valence-corrected chi connectivity index (χ0v) is 15.3. The number of carbonyl (C=O) groups excluding carboxylic acids is 1. The Kier molecular flexibility index (Phi) is 5.35. The van der Waals surface area contributed by atoms with Crippen LogP contribution in [0.25, 0.3) is 0 Å². The third-order valence-corrected chi connectivity index (χ3v) is 7.52. The van der Waals surface area contributed by atoms with Crippen molar-refractivity contribution in [1.29, 1.82) is 0 Å². The van der Waals surface area contributed by atoms with Gasteiger partial charge in [-0.2, -0.15) is 4.31 Å². The van der Waals surface area contributed by atoms with Gasteiger partial charge in [0, 0.05) is 36.8 Å². The maximum Gasteiger partial charge on any atom is 0.270 e. The first-order valence-corrected chi connectivity index (χ1v) is 10.3. The van der Waals surface area contributed by atoms with Crippen molar-refractivity contribution in [3.63, 3.8) is 0 Å². The summed E-state index contributed by atoms with van der Waals surface area (Å²) in [5, 5.41) is 15.2. The molecule has 1 fully saturated rings. The molecular formula is C16H17N3O5S2. The highest BCUT2D eigenvalue weighted by Gasteiger charge is 2.35. The highest BCUT2D eigenvalue weighted by molar-refractivity contribution is 7.91. The minimum atomic E-state index is -3.56. The van der Waals surface area contributed by atoms with E-state index in [1.807, 2.05) is 0 Å². The molecule has 1 amide bonds. The first kappa shape index (κ1) is 18.5. The molecule has 1 aliphatic rings. The van der Waals surface area contributed by atoms with Gasteiger partial charge in [0.2, 0.25) is 0 Å². The van der Waals surface area contributed by atoms with Gasteiger partial charge < -0.3 is 5.32 Å². The third-order valence-electron chi connectivity index (χ3n) is 4.20. The van der Waals surface area contributed by atoms with Crippen LogP contribution in [-0.2, 0) is 10.0 Å². The number of nitrogens with one attached hydrogen (secondary N) is 1. The molecule has 1 aliphatic heterocycles. The van der Waals surface area contributed by atoms with Crippen molar-refractivity contribution in [2.75, 3.05) is 13.1 Å². The normalized spacial score (nSPS) is 17.9. The van der Waals surface area contributed by atoms with Gasteiger partial charge in [0.25, 0.3) is 21.6 Å². The molecule has 3 rings (SSSR count). The summed E-state index contributed by atoms with van der Waals surface area (Å²) in [5.74, 6) is -0.464. The van der Waals surface area contributed by atoms with Gasteiger partial charge in [0.1, 0.15) is 4.21 Å². The summed E-state index contributed by atoms with van der Waals surface area (Å²) in [6, 6.07) is 8.36. The van der Waals surface area contributed by atoms with Gasteiger partial charge >= 0.3 is 0 Å². The van der Waals surface area contributed by atoms with Crippen molar-refractivity contribution in [3.05, 3.63) is 57.5 Å². The average molecular weight is 395 g/mol. The standard InChI is InChI=1S/C16H17N3O5S2/c20-16(12-4-1-5-13(10-12)19(21)22)17-11-14-6-2-8-18(14)26(23,24)15-7-3-9-25-15/h1,3-5,7,9-10,14H,2,6,8,11H2,(H,17,20)/t14-/m0/s1. The molecule has 0 radical (unpaired) electrons. The molecule has 1 aromatic carbocycles. The number of non-ortho nitro benzene ring substituents is 1. The van der Waals surface area contributed by atoms with E-state index in [4.69, 9.17) is 0 Å². The van der Waals surface area contributed by atoms with Crippen LogP contribution in [0, 0.1) is 10.1 Å². The van der Waals surface area contributed by atoms with Crippen molar-refractivity contribution >= 4 is 33.0 Å². The van der Waals surface area contributed by atoms with Crippen LogP contribution in [0.5, 0.6) is 0 Å². The number of amides is 1. The molecule has 138 valence electrons. The molecule has 26 heavy (non-hydrogen) atoms. The number of hydrogen-bond acceptors (Lipinski definition) is 6. The lowest BCUT2D eigenvalue weighted by Gasteiger charge is -2.23. The Hall–Kier alpha value is -2.30. The smallest absolute Gasteiger partial charge is 0.270 e. The second-order valence-corrected chi connectivity index (χ2v) is 8.93. The Balaban J connectivity index is 1.68. The Bertz CT molecular complexity index is 912. The number of carbonyl (C=O) groups is 1. The van der Waals surface area contributed by atoms with Gasteiger partial charge in [-0.1, -0.05) is 12.1 Å². The molecule has 0 aliphatic carbocycles. The molecule has 8 nitrogen and oxygen atoms in total. The molecule has 0 bridgehead atoms. The Morgan fingerprint density at radius 2 is 2.15 bits per heavy atom. The fourth-order valence-corrected chi connectivity index (χ4v) is 5.74. The number of sulfonamides is 1. The molecule has 1 N–H and O–H groups in total. The van der Waals surface area contributed by atoms with Gasteiger partial charge in [-0.3, -0.25) is 14.9 Å². The SMILES string of the molecule is O=C(NC[C@@H]1CCCN1S(=O)(=O)c1cccs1)c1cccc([N+](=O)[O-])c1. The number of hydrogen-bond donors (Lipinski definition) is 1. The Labute approximate surface area is 154 Å². The summed E-state index contributed by atoms with van der Waals surface area (Å²) >= 11 is 1.16. The highest BCUT2D eigenvalue weighted by atomic mass is 32.2. The van der Waals surface area contributed by atoms with Crippen LogP contribution in [-0.4, -0.2) is 42.7 Å². The van der Waals surface area contributed by atoms with E-state index >= 15 is 0 Å². The van der Waals surface area contributed by atoms with Crippen molar-refractivity contribution in [1.82, 2.24) is 9.62 Å². The van der Waals surface area contributed by atoms with Crippen LogP contribution in [0.3, 0.4) is 0 Å². The Morgan fingerprint density at radius 1 is 1.35 bits per heavy atom. The van der Waals surface area contributed by atoms with E-state index in [-0.39, 0.29) is 28.0 Å². The van der Waals surface area contributed by atoms with Gasteiger partial charge in [-0.05, 0) is 30.4 Å². The van der Waals surface area contributed by atoms with Crippen molar-refractivity contribution in [2.45, 2.75) is 23.1 Å². The van der Waals surface area contributed by atoms with E-state index in [1.165, 1.54) is 28.6 Å². The van der Waals surface area contributed by atoms with Gasteiger partial charge in [0.05, 0.1) is 4.92 Å². The number of thiophene rings is 1. The Morgan fingerprint density at radius 3 is 2.85 bits per heavy atom. The van der Waals surface area contributed by atoms with E-state index in [9.17, 15) is 23.3 Å². The maximum absolute atomic E-state index is 12.7. The lowest BCUT2D eigenvalue weighted by atomic mass is 10.1. The summed E-state index contributed by atoms with van der Waals surface area (Å²) in [4.78, 5) is 22.5. The molecule has 1 saturated heterocycles. The maximum atomic E-state index is 12.7. The predicted octanol–water partition coefficient (Wildman–Crippen LogP) is 2.24. The third kappa shape index (κ3) is 3.76. The second kappa shape index (κ2) is 7.52. The van der Waals surface area contributed by atoms with E-state index in [0.717, 1.165) is 17.8 Å². The van der Waals surface area contributed by atoms with Crippen LogP contribution in [0.4, 0.5) is 5.69 Å².